The number of terminal acetylenes is 1. The lowest BCUT2D eigenvalue weighted by Crippen LogP contribution is -2.33. The van der Waals surface area contributed by atoms with Crippen molar-refractivity contribution in [1.82, 2.24) is 10.3 Å². The van der Waals surface area contributed by atoms with Gasteiger partial charge in [-0.2, -0.15) is 0 Å². The number of hydrogen-bond donors (Lipinski definition) is 2. The fourth-order valence-corrected chi connectivity index (χ4v) is 1.85. The second kappa shape index (κ2) is 5.64. The van der Waals surface area contributed by atoms with E-state index in [1.165, 1.54) is 11.3 Å². The molecule has 0 aliphatic rings. The van der Waals surface area contributed by atoms with E-state index < -0.39 is 0 Å². The molecule has 1 aromatic heterocycles. The van der Waals surface area contributed by atoms with Gasteiger partial charge in [-0.3, -0.25) is 4.79 Å². The number of carbonyl (C=O) groups excluding carboxylic acids is 1. The molecule has 3 N–H and O–H groups in total. The first-order chi connectivity index (χ1) is 7.58. The van der Waals surface area contributed by atoms with Crippen molar-refractivity contribution in [2.45, 2.75) is 32.4 Å². The van der Waals surface area contributed by atoms with Gasteiger partial charge in [0.15, 0.2) is 0 Å². The van der Waals surface area contributed by atoms with Crippen LogP contribution in [0, 0.1) is 12.3 Å². The van der Waals surface area contributed by atoms with Crippen molar-refractivity contribution in [3.8, 4) is 12.3 Å². The third-order valence-electron chi connectivity index (χ3n) is 2.06. The summed E-state index contributed by atoms with van der Waals surface area (Å²) in [5.74, 6) is 2.26. The molecule has 1 amide bonds. The fourth-order valence-electron chi connectivity index (χ4n) is 1.09. The molecule has 2 unspecified atom stereocenters. The molecule has 1 rings (SSSR count). The smallest absolute Gasteiger partial charge is 0.271 e. The standard InChI is InChI=1S/C11H15N3OS/c1-4-8(5-2)13-10(15)9-6-16-11(14-9)7(3)12/h1,6-8H,5,12H2,2-3H3,(H,13,15). The number of carbonyl (C=O) groups is 1. The molecule has 0 saturated heterocycles. The van der Waals surface area contributed by atoms with E-state index in [2.05, 4.69) is 16.2 Å². The molecular weight excluding hydrogens is 222 g/mol. The molecule has 5 heteroatoms. The van der Waals surface area contributed by atoms with Gasteiger partial charge in [-0.1, -0.05) is 12.8 Å². The maximum Gasteiger partial charge on any atom is 0.271 e. The van der Waals surface area contributed by atoms with Crippen molar-refractivity contribution in [3.05, 3.63) is 16.1 Å². The van der Waals surface area contributed by atoms with Crippen molar-refractivity contribution in [2.75, 3.05) is 0 Å². The Morgan fingerprint density at radius 1 is 1.81 bits per heavy atom. The SMILES string of the molecule is C#CC(CC)NC(=O)c1csc(C(C)N)n1. The van der Waals surface area contributed by atoms with Gasteiger partial charge in [-0.05, 0) is 13.3 Å². The topological polar surface area (TPSA) is 68.0 Å². The maximum absolute atomic E-state index is 11.7. The van der Waals surface area contributed by atoms with E-state index in [9.17, 15) is 4.79 Å². The number of nitrogens with zero attached hydrogens (tertiary/aromatic N) is 1. The molecule has 0 spiro atoms. The number of hydrogen-bond acceptors (Lipinski definition) is 4. The molecule has 16 heavy (non-hydrogen) atoms. The number of amides is 1. The van der Waals surface area contributed by atoms with Crippen LogP contribution in [0.3, 0.4) is 0 Å². The van der Waals surface area contributed by atoms with Crippen LogP contribution in [0.5, 0.6) is 0 Å². The molecule has 86 valence electrons. The molecule has 4 nitrogen and oxygen atoms in total. The van der Waals surface area contributed by atoms with Crippen LogP contribution in [0.1, 0.15) is 41.8 Å². The van der Waals surface area contributed by atoms with Crippen molar-refractivity contribution in [2.24, 2.45) is 5.73 Å². The van der Waals surface area contributed by atoms with Gasteiger partial charge in [0.2, 0.25) is 0 Å². The minimum absolute atomic E-state index is 0.152. The van der Waals surface area contributed by atoms with E-state index in [0.29, 0.717) is 12.1 Å². The minimum Gasteiger partial charge on any atom is -0.337 e. The summed E-state index contributed by atoms with van der Waals surface area (Å²) in [7, 11) is 0. The van der Waals surface area contributed by atoms with Crippen molar-refractivity contribution >= 4 is 17.2 Å². The lowest BCUT2D eigenvalue weighted by Gasteiger charge is -2.08. The fraction of sp³-hybridized carbons (Fsp3) is 0.455. The van der Waals surface area contributed by atoms with E-state index >= 15 is 0 Å². The largest absolute Gasteiger partial charge is 0.337 e. The Morgan fingerprint density at radius 2 is 2.50 bits per heavy atom. The van der Waals surface area contributed by atoms with Crippen LogP contribution in [0.15, 0.2) is 5.38 Å². The minimum atomic E-state index is -0.243. The second-order valence-electron chi connectivity index (χ2n) is 3.46. The summed E-state index contributed by atoms with van der Waals surface area (Å²) in [4.78, 5) is 15.8. The first-order valence-corrected chi connectivity index (χ1v) is 5.94. The Morgan fingerprint density at radius 3 is 2.94 bits per heavy atom. The number of aromatic nitrogens is 1. The number of nitrogens with one attached hydrogen (secondary N) is 1. The van der Waals surface area contributed by atoms with Gasteiger partial charge in [0, 0.05) is 5.38 Å². The van der Waals surface area contributed by atoms with Gasteiger partial charge < -0.3 is 11.1 Å². The molecule has 2 atom stereocenters. The lowest BCUT2D eigenvalue weighted by molar-refractivity contribution is 0.0940. The molecule has 0 aliphatic heterocycles. The van der Waals surface area contributed by atoms with E-state index in [0.717, 1.165) is 5.01 Å². The lowest BCUT2D eigenvalue weighted by atomic mass is 10.2. The maximum atomic E-state index is 11.7. The van der Waals surface area contributed by atoms with Gasteiger partial charge in [-0.25, -0.2) is 4.98 Å². The average Bonchev–Trinajstić information content (AvgIpc) is 2.74. The van der Waals surface area contributed by atoms with E-state index in [-0.39, 0.29) is 18.0 Å². The second-order valence-corrected chi connectivity index (χ2v) is 4.35. The van der Waals surface area contributed by atoms with Crippen molar-refractivity contribution < 1.29 is 4.79 Å². The third-order valence-corrected chi connectivity index (χ3v) is 3.10. The Labute approximate surface area is 99.3 Å². The van der Waals surface area contributed by atoms with Crippen LogP contribution >= 0.6 is 11.3 Å². The van der Waals surface area contributed by atoms with Gasteiger partial charge in [-0.15, -0.1) is 17.8 Å². The van der Waals surface area contributed by atoms with Gasteiger partial charge in [0.25, 0.3) is 5.91 Å². The van der Waals surface area contributed by atoms with Crippen LogP contribution in [-0.4, -0.2) is 16.9 Å². The summed E-state index contributed by atoms with van der Waals surface area (Å²) >= 11 is 1.38. The summed E-state index contributed by atoms with van der Waals surface area (Å²) in [5, 5.41) is 5.15. The molecule has 0 fully saturated rings. The summed E-state index contributed by atoms with van der Waals surface area (Å²) in [6.07, 6.45) is 5.96. The van der Waals surface area contributed by atoms with Crippen LogP contribution in [0.4, 0.5) is 0 Å². The molecule has 0 bridgehead atoms. The molecule has 0 aliphatic carbocycles. The summed E-state index contributed by atoms with van der Waals surface area (Å²) in [6, 6.07) is -0.394. The molecular formula is C11H15N3OS. The van der Waals surface area contributed by atoms with Crippen molar-refractivity contribution in [3.63, 3.8) is 0 Å². The Balaban J connectivity index is 2.70. The average molecular weight is 237 g/mol. The zero-order valence-electron chi connectivity index (χ0n) is 9.36. The normalized spacial score (nSPS) is 13.9. The van der Waals surface area contributed by atoms with Crippen molar-refractivity contribution in [1.29, 1.82) is 0 Å². The molecule has 0 aromatic carbocycles. The Kier molecular flexibility index (Phi) is 4.47. The van der Waals surface area contributed by atoms with Gasteiger partial charge in [0.1, 0.15) is 10.7 Å². The summed E-state index contributed by atoms with van der Waals surface area (Å²) in [5.41, 5.74) is 6.05. The first kappa shape index (κ1) is 12.7. The van der Waals surface area contributed by atoms with Crippen LogP contribution in [0.25, 0.3) is 0 Å². The highest BCUT2D eigenvalue weighted by atomic mass is 32.1. The Hall–Kier alpha value is -1.38. The zero-order valence-corrected chi connectivity index (χ0v) is 10.2. The highest BCUT2D eigenvalue weighted by Gasteiger charge is 2.14. The molecule has 0 saturated carbocycles. The highest BCUT2D eigenvalue weighted by Crippen LogP contribution is 2.15. The van der Waals surface area contributed by atoms with Crippen LogP contribution in [0.2, 0.25) is 0 Å². The monoisotopic (exact) mass is 237 g/mol. The van der Waals surface area contributed by atoms with Gasteiger partial charge in [0.05, 0.1) is 12.1 Å². The van der Waals surface area contributed by atoms with E-state index in [1.54, 1.807) is 5.38 Å². The van der Waals surface area contributed by atoms with Crippen LogP contribution < -0.4 is 11.1 Å². The summed E-state index contributed by atoms with van der Waals surface area (Å²) in [6.45, 7) is 3.75. The first-order valence-electron chi connectivity index (χ1n) is 5.06. The summed E-state index contributed by atoms with van der Waals surface area (Å²) < 4.78 is 0. The predicted molar refractivity (Wildman–Crippen MR) is 65.1 cm³/mol. The number of rotatable bonds is 4. The third kappa shape index (κ3) is 3.05. The van der Waals surface area contributed by atoms with Gasteiger partial charge >= 0.3 is 0 Å². The molecule has 1 heterocycles. The quantitative estimate of drug-likeness (QED) is 0.776. The van der Waals surface area contributed by atoms with Crippen LogP contribution in [-0.2, 0) is 0 Å². The Bertz CT molecular complexity index is 406. The molecule has 0 radical (unpaired) electrons. The number of nitrogens with two attached hydrogens (primary N) is 1. The highest BCUT2D eigenvalue weighted by molar-refractivity contribution is 7.09. The van der Waals surface area contributed by atoms with E-state index in [4.69, 9.17) is 12.2 Å². The van der Waals surface area contributed by atoms with E-state index in [1.807, 2.05) is 13.8 Å². The zero-order chi connectivity index (χ0) is 12.1. The molecule has 1 aromatic rings. The number of thiazole rings is 1. The predicted octanol–water partition coefficient (Wildman–Crippen LogP) is 1.30.